The maximum Gasteiger partial charge on any atom is 0.347 e. The molecule has 3 rings (SSSR count). The zero-order valence-electron chi connectivity index (χ0n) is 16.8. The van der Waals surface area contributed by atoms with E-state index in [1.54, 1.807) is 36.4 Å². The van der Waals surface area contributed by atoms with Gasteiger partial charge in [0.25, 0.3) is 0 Å². The molecule has 0 aromatic heterocycles. The van der Waals surface area contributed by atoms with Crippen LogP contribution in [0.25, 0.3) is 0 Å². The minimum atomic E-state index is -0.586. The minimum absolute atomic E-state index is 0.176. The van der Waals surface area contributed by atoms with Gasteiger partial charge in [-0.15, -0.1) is 0 Å². The number of hydrogen-bond donors (Lipinski definition) is 0. The third-order valence-corrected chi connectivity index (χ3v) is 4.89. The number of carbonyl (C=O) groups excluding carboxylic acids is 2. The molecule has 0 fully saturated rings. The van der Waals surface area contributed by atoms with Crippen LogP contribution in [0.1, 0.15) is 28.4 Å². The van der Waals surface area contributed by atoms with Gasteiger partial charge in [-0.1, -0.05) is 42.0 Å². The first-order valence-corrected chi connectivity index (χ1v) is 10.2. The molecule has 5 nitrogen and oxygen atoms in total. The highest BCUT2D eigenvalue weighted by Crippen LogP contribution is 2.22. The van der Waals surface area contributed by atoms with Crippen LogP contribution in [0, 0.1) is 6.92 Å². The Morgan fingerprint density at radius 2 is 1.57 bits per heavy atom. The van der Waals surface area contributed by atoms with E-state index in [2.05, 4.69) is 19.1 Å². The molecule has 3 aromatic carbocycles. The van der Waals surface area contributed by atoms with Crippen molar-refractivity contribution >= 4 is 24.0 Å². The molecular weight excluding hydrogens is 400 g/mol. The normalized spacial score (nSPS) is 10.5. The first kappa shape index (κ1) is 21.6. The van der Waals surface area contributed by atoms with Gasteiger partial charge in [0, 0.05) is 23.9 Å². The second-order valence-corrected chi connectivity index (χ2v) is 7.47. The number of carbonyl (C=O) groups is 2. The van der Waals surface area contributed by atoms with Crippen LogP contribution in [0.2, 0.25) is 0 Å². The highest BCUT2D eigenvalue weighted by Gasteiger charge is 2.15. The molecule has 0 unspecified atom stereocenters. The number of rotatable bonds is 8. The van der Waals surface area contributed by atoms with Crippen molar-refractivity contribution in [3.8, 4) is 11.5 Å². The lowest BCUT2D eigenvalue weighted by Gasteiger charge is -2.09. The number of hydrogen-bond acceptors (Lipinski definition) is 6. The number of para-hydroxylation sites is 1. The molecule has 0 N–H and O–H groups in total. The van der Waals surface area contributed by atoms with E-state index < -0.39 is 11.9 Å². The van der Waals surface area contributed by atoms with Crippen LogP contribution in [-0.2, 0) is 15.4 Å². The van der Waals surface area contributed by atoms with Gasteiger partial charge >= 0.3 is 11.9 Å². The summed E-state index contributed by atoms with van der Waals surface area (Å²) in [4.78, 5) is 24.7. The maximum atomic E-state index is 12.4. The van der Waals surface area contributed by atoms with Crippen LogP contribution >= 0.6 is 12.0 Å². The zero-order valence-corrected chi connectivity index (χ0v) is 17.6. The Morgan fingerprint density at radius 1 is 0.867 bits per heavy atom. The van der Waals surface area contributed by atoms with E-state index in [1.807, 2.05) is 24.3 Å². The van der Waals surface area contributed by atoms with Crippen LogP contribution in [0.4, 0.5) is 0 Å². The summed E-state index contributed by atoms with van der Waals surface area (Å²) >= 11 is 1.36. The molecule has 0 bridgehead atoms. The fourth-order valence-corrected chi connectivity index (χ4v) is 3.18. The smallest absolute Gasteiger partial charge is 0.347 e. The molecule has 0 atom stereocenters. The number of ether oxygens (including phenoxy) is 2. The largest absolute Gasteiger partial charge is 0.426 e. The summed E-state index contributed by atoms with van der Waals surface area (Å²) in [5, 5.41) is 0. The molecular formula is C24H22O5S. The van der Waals surface area contributed by atoms with Gasteiger partial charge in [-0.2, -0.15) is 0 Å². The van der Waals surface area contributed by atoms with Crippen molar-refractivity contribution in [1.82, 2.24) is 0 Å². The predicted octanol–water partition coefficient (Wildman–Crippen LogP) is 5.41. The van der Waals surface area contributed by atoms with Gasteiger partial charge in [-0.3, -0.25) is 4.79 Å². The van der Waals surface area contributed by atoms with Gasteiger partial charge in [0.05, 0.1) is 6.61 Å². The highest BCUT2D eigenvalue weighted by molar-refractivity contribution is 7.94. The Balaban J connectivity index is 1.50. The Bertz CT molecular complexity index is 997. The van der Waals surface area contributed by atoms with Gasteiger partial charge in [0.2, 0.25) is 0 Å². The van der Waals surface area contributed by atoms with Crippen LogP contribution in [0.5, 0.6) is 11.5 Å². The molecule has 30 heavy (non-hydrogen) atoms. The predicted molar refractivity (Wildman–Crippen MR) is 116 cm³/mol. The van der Waals surface area contributed by atoms with Gasteiger partial charge in [0.1, 0.15) is 17.1 Å². The Labute approximate surface area is 180 Å². The van der Waals surface area contributed by atoms with Crippen molar-refractivity contribution in [1.29, 1.82) is 0 Å². The number of benzene rings is 3. The summed E-state index contributed by atoms with van der Waals surface area (Å²) in [6.07, 6.45) is 0.738. The molecule has 0 aliphatic carbocycles. The zero-order chi connectivity index (χ0) is 21.3. The molecule has 0 aliphatic heterocycles. The lowest BCUT2D eigenvalue weighted by atomic mass is 10.1. The summed E-state index contributed by atoms with van der Waals surface area (Å²) < 4.78 is 16.1. The molecule has 0 spiro atoms. The minimum Gasteiger partial charge on any atom is -0.426 e. The Kier molecular flexibility index (Phi) is 7.65. The van der Waals surface area contributed by atoms with E-state index in [1.165, 1.54) is 24.5 Å². The quantitative estimate of drug-likeness (QED) is 0.209. The molecule has 154 valence electrons. The molecule has 0 heterocycles. The first-order chi connectivity index (χ1) is 14.5. The second kappa shape index (κ2) is 10.6. The van der Waals surface area contributed by atoms with E-state index >= 15 is 0 Å². The first-order valence-electron chi connectivity index (χ1n) is 9.46. The lowest BCUT2D eigenvalue weighted by molar-refractivity contribution is -0.131. The standard InChI is InChI=1S/C24H22O5S/c1-17-7-13-21(14-8-17)30-27-16-15-19-9-11-20(12-10-19)29-24(26)22-5-3-4-6-23(22)28-18(2)25/h3-14H,15-16H2,1-2H3. The van der Waals surface area contributed by atoms with Gasteiger partial charge < -0.3 is 13.7 Å². The molecule has 0 radical (unpaired) electrons. The van der Waals surface area contributed by atoms with Crippen LogP contribution in [0.15, 0.2) is 77.7 Å². The molecule has 0 amide bonds. The maximum absolute atomic E-state index is 12.4. The molecule has 0 aliphatic rings. The summed E-state index contributed by atoms with van der Waals surface area (Å²) in [6.45, 7) is 3.90. The van der Waals surface area contributed by atoms with Crippen molar-refractivity contribution < 1.29 is 23.2 Å². The fourth-order valence-electron chi connectivity index (χ4n) is 2.63. The van der Waals surface area contributed by atoms with Crippen LogP contribution in [0.3, 0.4) is 0 Å². The molecule has 0 saturated carbocycles. The second-order valence-electron chi connectivity index (χ2n) is 6.59. The molecule has 6 heteroatoms. The van der Waals surface area contributed by atoms with Gasteiger partial charge in [-0.05, 0) is 55.3 Å². The van der Waals surface area contributed by atoms with E-state index in [-0.39, 0.29) is 11.3 Å². The third-order valence-electron chi connectivity index (χ3n) is 4.14. The van der Waals surface area contributed by atoms with E-state index in [0.717, 1.165) is 16.9 Å². The SMILES string of the molecule is CC(=O)Oc1ccccc1C(=O)Oc1ccc(CCOSc2ccc(C)cc2)cc1. The summed E-state index contributed by atoms with van der Waals surface area (Å²) in [6, 6.07) is 21.9. The van der Waals surface area contributed by atoms with E-state index in [9.17, 15) is 9.59 Å². The summed E-state index contributed by atoms with van der Waals surface area (Å²) in [5.74, 6) is -0.494. The fraction of sp³-hybridized carbons (Fsp3) is 0.167. The van der Waals surface area contributed by atoms with E-state index in [0.29, 0.717) is 12.4 Å². The lowest BCUT2D eigenvalue weighted by Crippen LogP contribution is -2.12. The van der Waals surface area contributed by atoms with Gasteiger partial charge in [0.15, 0.2) is 0 Å². The monoisotopic (exact) mass is 422 g/mol. The van der Waals surface area contributed by atoms with Crippen molar-refractivity contribution in [2.75, 3.05) is 6.61 Å². The van der Waals surface area contributed by atoms with Crippen molar-refractivity contribution in [2.45, 2.75) is 25.2 Å². The van der Waals surface area contributed by atoms with Crippen LogP contribution < -0.4 is 9.47 Å². The van der Waals surface area contributed by atoms with Gasteiger partial charge in [-0.25, -0.2) is 4.79 Å². The highest BCUT2D eigenvalue weighted by atomic mass is 32.2. The van der Waals surface area contributed by atoms with E-state index in [4.69, 9.17) is 13.7 Å². The number of esters is 2. The average molecular weight is 423 g/mol. The van der Waals surface area contributed by atoms with Crippen LogP contribution in [-0.4, -0.2) is 18.5 Å². The van der Waals surface area contributed by atoms with Crippen molar-refractivity contribution in [2.24, 2.45) is 0 Å². The average Bonchev–Trinajstić information content (AvgIpc) is 2.73. The molecule has 3 aromatic rings. The number of aryl methyl sites for hydroxylation is 1. The van der Waals surface area contributed by atoms with Crippen molar-refractivity contribution in [3.05, 3.63) is 89.5 Å². The summed E-state index contributed by atoms with van der Waals surface area (Å²) in [5.41, 5.74) is 2.48. The molecule has 0 saturated heterocycles. The third kappa shape index (κ3) is 6.47. The summed E-state index contributed by atoms with van der Waals surface area (Å²) in [7, 11) is 0. The van der Waals surface area contributed by atoms with Crippen molar-refractivity contribution in [3.63, 3.8) is 0 Å². The Hall–Kier alpha value is -3.09. The Morgan fingerprint density at radius 3 is 2.27 bits per heavy atom. The topological polar surface area (TPSA) is 61.8 Å².